The summed E-state index contributed by atoms with van der Waals surface area (Å²) in [5.41, 5.74) is 6.61. The van der Waals surface area contributed by atoms with Gasteiger partial charge in [-0.05, 0) is 31.7 Å². The minimum Gasteiger partial charge on any atom is -0.330 e. The standard InChI is InChI=1S/C12H21N3OS/c1-8(2)4-10(6-13)5-11(16)15-12-14-9(3)7-17-12/h7-8,10H,4-6,13H2,1-3H3,(H,14,15,16). The van der Waals surface area contributed by atoms with Crippen LogP contribution in [0.2, 0.25) is 0 Å². The number of thiazole rings is 1. The molecular weight excluding hydrogens is 234 g/mol. The summed E-state index contributed by atoms with van der Waals surface area (Å²) in [5, 5.41) is 5.41. The van der Waals surface area contributed by atoms with Crippen molar-refractivity contribution in [1.29, 1.82) is 0 Å². The Morgan fingerprint density at radius 3 is 2.76 bits per heavy atom. The summed E-state index contributed by atoms with van der Waals surface area (Å²) < 4.78 is 0. The summed E-state index contributed by atoms with van der Waals surface area (Å²) in [7, 11) is 0. The Bertz CT molecular complexity index is 362. The molecule has 0 fully saturated rings. The number of carbonyl (C=O) groups is 1. The van der Waals surface area contributed by atoms with Crippen molar-refractivity contribution in [2.24, 2.45) is 17.6 Å². The SMILES string of the molecule is Cc1csc(NC(=O)CC(CN)CC(C)C)n1. The largest absolute Gasteiger partial charge is 0.330 e. The van der Waals surface area contributed by atoms with Crippen LogP contribution in [0.1, 0.15) is 32.4 Å². The Kier molecular flexibility index (Phi) is 5.58. The van der Waals surface area contributed by atoms with E-state index < -0.39 is 0 Å². The van der Waals surface area contributed by atoms with Crippen molar-refractivity contribution in [2.75, 3.05) is 11.9 Å². The molecule has 1 rings (SSSR count). The molecule has 4 nitrogen and oxygen atoms in total. The molecule has 1 atom stereocenters. The van der Waals surface area contributed by atoms with Crippen LogP contribution in [-0.4, -0.2) is 17.4 Å². The molecule has 0 saturated carbocycles. The highest BCUT2D eigenvalue weighted by Crippen LogP contribution is 2.18. The molecule has 1 unspecified atom stereocenters. The minimum atomic E-state index is 0.00968. The van der Waals surface area contributed by atoms with Gasteiger partial charge < -0.3 is 11.1 Å². The third-order valence-corrected chi connectivity index (χ3v) is 3.35. The van der Waals surface area contributed by atoms with Crippen LogP contribution >= 0.6 is 11.3 Å². The number of hydrogen-bond donors (Lipinski definition) is 2. The summed E-state index contributed by atoms with van der Waals surface area (Å²) in [6, 6.07) is 0. The second-order valence-electron chi connectivity index (χ2n) is 4.78. The molecular formula is C12H21N3OS. The van der Waals surface area contributed by atoms with E-state index in [-0.39, 0.29) is 11.8 Å². The number of nitrogens with one attached hydrogen (secondary N) is 1. The molecule has 0 saturated heterocycles. The zero-order valence-electron chi connectivity index (χ0n) is 10.7. The maximum Gasteiger partial charge on any atom is 0.226 e. The lowest BCUT2D eigenvalue weighted by Crippen LogP contribution is -2.23. The van der Waals surface area contributed by atoms with Gasteiger partial charge in [-0.25, -0.2) is 4.98 Å². The van der Waals surface area contributed by atoms with E-state index in [0.717, 1.165) is 12.1 Å². The predicted octanol–water partition coefficient (Wildman–Crippen LogP) is 2.40. The van der Waals surface area contributed by atoms with Crippen molar-refractivity contribution in [3.05, 3.63) is 11.1 Å². The number of aryl methyl sites for hydroxylation is 1. The van der Waals surface area contributed by atoms with E-state index in [9.17, 15) is 4.79 Å². The van der Waals surface area contributed by atoms with Crippen LogP contribution in [-0.2, 0) is 4.79 Å². The first-order valence-electron chi connectivity index (χ1n) is 5.93. The second-order valence-corrected chi connectivity index (χ2v) is 5.64. The van der Waals surface area contributed by atoms with E-state index in [1.165, 1.54) is 11.3 Å². The second kappa shape index (κ2) is 6.71. The molecule has 0 bridgehead atoms. The lowest BCUT2D eigenvalue weighted by atomic mass is 9.94. The van der Waals surface area contributed by atoms with E-state index in [2.05, 4.69) is 24.1 Å². The van der Waals surface area contributed by atoms with E-state index in [1.54, 1.807) is 0 Å². The fourth-order valence-corrected chi connectivity index (χ4v) is 2.48. The monoisotopic (exact) mass is 255 g/mol. The fourth-order valence-electron chi connectivity index (χ4n) is 1.77. The number of anilines is 1. The van der Waals surface area contributed by atoms with Gasteiger partial charge in [-0.3, -0.25) is 4.79 Å². The fraction of sp³-hybridized carbons (Fsp3) is 0.667. The molecule has 96 valence electrons. The predicted molar refractivity (Wildman–Crippen MR) is 72.1 cm³/mol. The molecule has 0 aliphatic heterocycles. The lowest BCUT2D eigenvalue weighted by Gasteiger charge is -2.15. The molecule has 3 N–H and O–H groups in total. The third kappa shape index (κ3) is 5.28. The van der Waals surface area contributed by atoms with Gasteiger partial charge in [0.25, 0.3) is 0 Å². The normalized spacial score (nSPS) is 12.8. The van der Waals surface area contributed by atoms with Crippen LogP contribution < -0.4 is 11.1 Å². The zero-order valence-corrected chi connectivity index (χ0v) is 11.5. The van der Waals surface area contributed by atoms with E-state index in [4.69, 9.17) is 5.73 Å². The van der Waals surface area contributed by atoms with Gasteiger partial charge in [-0.1, -0.05) is 13.8 Å². The molecule has 17 heavy (non-hydrogen) atoms. The summed E-state index contributed by atoms with van der Waals surface area (Å²) >= 11 is 1.45. The first-order chi connectivity index (χ1) is 8.01. The molecule has 0 spiro atoms. The first kappa shape index (κ1) is 14.1. The van der Waals surface area contributed by atoms with Gasteiger partial charge in [0.1, 0.15) is 0 Å². The van der Waals surface area contributed by atoms with Gasteiger partial charge >= 0.3 is 0 Å². The van der Waals surface area contributed by atoms with E-state index in [0.29, 0.717) is 24.0 Å². The van der Waals surface area contributed by atoms with Crippen molar-refractivity contribution >= 4 is 22.4 Å². The highest BCUT2D eigenvalue weighted by Gasteiger charge is 2.14. The van der Waals surface area contributed by atoms with Gasteiger partial charge in [-0.15, -0.1) is 11.3 Å². The summed E-state index contributed by atoms with van der Waals surface area (Å²) in [6.45, 7) is 6.76. The molecule has 1 amide bonds. The molecule has 0 aromatic carbocycles. The molecule has 0 aliphatic rings. The molecule has 0 aliphatic carbocycles. The van der Waals surface area contributed by atoms with Crippen molar-refractivity contribution in [3.8, 4) is 0 Å². The Labute approximate surface area is 107 Å². The number of carbonyl (C=O) groups excluding carboxylic acids is 1. The average molecular weight is 255 g/mol. The number of nitrogens with two attached hydrogens (primary N) is 1. The highest BCUT2D eigenvalue weighted by molar-refractivity contribution is 7.13. The Morgan fingerprint density at radius 2 is 2.29 bits per heavy atom. The maximum atomic E-state index is 11.8. The van der Waals surface area contributed by atoms with Gasteiger partial charge in [0.15, 0.2) is 5.13 Å². The molecule has 1 heterocycles. The Morgan fingerprint density at radius 1 is 1.59 bits per heavy atom. The maximum absolute atomic E-state index is 11.8. The average Bonchev–Trinajstić information content (AvgIpc) is 2.62. The van der Waals surface area contributed by atoms with E-state index >= 15 is 0 Å². The number of hydrogen-bond acceptors (Lipinski definition) is 4. The van der Waals surface area contributed by atoms with Crippen LogP contribution in [0.25, 0.3) is 0 Å². The summed E-state index contributed by atoms with van der Waals surface area (Å²) in [5.74, 6) is 0.838. The highest BCUT2D eigenvalue weighted by atomic mass is 32.1. The summed E-state index contributed by atoms with van der Waals surface area (Å²) in [4.78, 5) is 16.0. The van der Waals surface area contributed by atoms with Gasteiger partial charge in [-0.2, -0.15) is 0 Å². The van der Waals surface area contributed by atoms with Crippen LogP contribution in [0.4, 0.5) is 5.13 Å². The van der Waals surface area contributed by atoms with Crippen molar-refractivity contribution in [3.63, 3.8) is 0 Å². The lowest BCUT2D eigenvalue weighted by molar-refractivity contribution is -0.117. The number of amides is 1. The Balaban J connectivity index is 2.42. The topological polar surface area (TPSA) is 68.0 Å². The van der Waals surface area contributed by atoms with Gasteiger partial charge in [0.2, 0.25) is 5.91 Å². The molecule has 0 radical (unpaired) electrons. The van der Waals surface area contributed by atoms with Crippen molar-refractivity contribution in [2.45, 2.75) is 33.6 Å². The quantitative estimate of drug-likeness (QED) is 0.820. The van der Waals surface area contributed by atoms with Crippen LogP contribution in [0.15, 0.2) is 5.38 Å². The van der Waals surface area contributed by atoms with Gasteiger partial charge in [0.05, 0.1) is 5.69 Å². The molecule has 1 aromatic rings. The summed E-state index contributed by atoms with van der Waals surface area (Å²) in [6.07, 6.45) is 1.47. The van der Waals surface area contributed by atoms with Crippen LogP contribution in [0.3, 0.4) is 0 Å². The van der Waals surface area contributed by atoms with Gasteiger partial charge in [0, 0.05) is 11.8 Å². The van der Waals surface area contributed by atoms with Crippen molar-refractivity contribution < 1.29 is 4.79 Å². The zero-order chi connectivity index (χ0) is 12.8. The minimum absolute atomic E-state index is 0.00968. The van der Waals surface area contributed by atoms with E-state index in [1.807, 2.05) is 12.3 Å². The first-order valence-corrected chi connectivity index (χ1v) is 6.81. The smallest absolute Gasteiger partial charge is 0.226 e. The van der Waals surface area contributed by atoms with Crippen LogP contribution in [0.5, 0.6) is 0 Å². The number of rotatable bonds is 6. The molecule has 5 heteroatoms. The molecule has 1 aromatic heterocycles. The van der Waals surface area contributed by atoms with Crippen molar-refractivity contribution in [1.82, 2.24) is 4.98 Å². The third-order valence-electron chi connectivity index (χ3n) is 2.48. The Hall–Kier alpha value is -0.940. The number of aromatic nitrogens is 1. The number of nitrogens with zero attached hydrogens (tertiary/aromatic N) is 1. The van der Waals surface area contributed by atoms with Crippen LogP contribution in [0, 0.1) is 18.8 Å².